The zero-order valence-corrected chi connectivity index (χ0v) is 10.2. The Hall–Kier alpha value is -1.95. The van der Waals surface area contributed by atoms with Crippen LogP contribution in [-0.2, 0) is 0 Å². The molecular formula is C11H8BrN3O2. The number of phenols is 1. The quantitative estimate of drug-likeness (QED) is 0.789. The number of azo groups is 1. The Balaban J connectivity index is 2.67. The molecular weight excluding hydrogens is 286 g/mol. The molecule has 0 bridgehead atoms. The van der Waals surface area contributed by atoms with Crippen molar-refractivity contribution in [1.82, 2.24) is 0 Å². The van der Waals surface area contributed by atoms with Crippen LogP contribution in [0.4, 0.5) is 10.5 Å². The van der Waals surface area contributed by atoms with Crippen molar-refractivity contribution in [3.05, 3.63) is 34.8 Å². The number of benzene rings is 2. The first-order valence-electron chi connectivity index (χ1n) is 4.71. The SMILES string of the molecule is NC(=O)N=Nc1cc(Br)c2ccccc2c1O. The summed E-state index contributed by atoms with van der Waals surface area (Å²) in [6.45, 7) is 0. The van der Waals surface area contributed by atoms with Crippen LogP contribution in [0.25, 0.3) is 10.8 Å². The fourth-order valence-corrected chi connectivity index (χ4v) is 2.04. The van der Waals surface area contributed by atoms with Gasteiger partial charge >= 0.3 is 6.03 Å². The number of carbonyl (C=O) groups is 1. The number of nitrogens with zero attached hydrogens (tertiary/aromatic N) is 2. The molecule has 17 heavy (non-hydrogen) atoms. The largest absolute Gasteiger partial charge is 0.505 e. The molecule has 2 aromatic carbocycles. The van der Waals surface area contributed by atoms with E-state index in [1.807, 2.05) is 12.1 Å². The number of rotatable bonds is 1. The molecule has 2 amide bonds. The van der Waals surface area contributed by atoms with Crippen molar-refractivity contribution in [2.45, 2.75) is 0 Å². The number of aromatic hydroxyl groups is 1. The average molecular weight is 294 g/mol. The summed E-state index contributed by atoms with van der Waals surface area (Å²) in [5.41, 5.74) is 5.04. The molecule has 2 aromatic rings. The van der Waals surface area contributed by atoms with Crippen molar-refractivity contribution in [1.29, 1.82) is 0 Å². The number of urea groups is 1. The Labute approximate surface area is 105 Å². The van der Waals surface area contributed by atoms with Crippen LogP contribution in [0.1, 0.15) is 0 Å². The minimum atomic E-state index is -0.909. The van der Waals surface area contributed by atoms with Gasteiger partial charge in [-0.05, 0) is 11.5 Å². The third-order valence-corrected chi connectivity index (χ3v) is 2.86. The second kappa shape index (κ2) is 4.50. The van der Waals surface area contributed by atoms with E-state index in [9.17, 15) is 9.90 Å². The maximum Gasteiger partial charge on any atom is 0.356 e. The normalized spacial score (nSPS) is 11.1. The van der Waals surface area contributed by atoms with Gasteiger partial charge in [0.15, 0.2) is 5.75 Å². The molecule has 0 unspecified atom stereocenters. The molecule has 6 heteroatoms. The lowest BCUT2D eigenvalue weighted by Crippen LogP contribution is -2.01. The Morgan fingerprint density at radius 3 is 2.59 bits per heavy atom. The summed E-state index contributed by atoms with van der Waals surface area (Å²) in [5, 5.41) is 18.2. The molecule has 0 aliphatic rings. The van der Waals surface area contributed by atoms with Gasteiger partial charge in [-0.3, -0.25) is 0 Å². The molecule has 2 rings (SSSR count). The first-order chi connectivity index (χ1) is 8.09. The second-order valence-corrected chi connectivity index (χ2v) is 4.16. The van der Waals surface area contributed by atoms with Gasteiger partial charge < -0.3 is 10.8 Å². The highest BCUT2D eigenvalue weighted by Crippen LogP contribution is 2.39. The third-order valence-electron chi connectivity index (χ3n) is 2.20. The van der Waals surface area contributed by atoms with Crippen molar-refractivity contribution in [2.24, 2.45) is 16.0 Å². The zero-order chi connectivity index (χ0) is 12.4. The lowest BCUT2D eigenvalue weighted by atomic mass is 10.1. The van der Waals surface area contributed by atoms with Crippen LogP contribution >= 0.6 is 15.9 Å². The highest BCUT2D eigenvalue weighted by atomic mass is 79.9. The molecule has 0 radical (unpaired) electrons. The van der Waals surface area contributed by atoms with Crippen LogP contribution in [0.3, 0.4) is 0 Å². The van der Waals surface area contributed by atoms with E-state index < -0.39 is 6.03 Å². The van der Waals surface area contributed by atoms with E-state index in [0.29, 0.717) is 5.39 Å². The van der Waals surface area contributed by atoms with Gasteiger partial charge in [-0.25, -0.2) is 4.79 Å². The van der Waals surface area contributed by atoms with Gasteiger partial charge in [0.05, 0.1) is 0 Å². The number of carbonyl (C=O) groups excluding carboxylic acids is 1. The van der Waals surface area contributed by atoms with E-state index in [2.05, 4.69) is 26.2 Å². The lowest BCUT2D eigenvalue weighted by Gasteiger charge is -2.05. The molecule has 0 aromatic heterocycles. The number of fused-ring (bicyclic) bond motifs is 1. The van der Waals surface area contributed by atoms with Gasteiger partial charge in [0.1, 0.15) is 5.69 Å². The van der Waals surface area contributed by atoms with Crippen molar-refractivity contribution in [2.75, 3.05) is 0 Å². The topological polar surface area (TPSA) is 88.0 Å². The van der Waals surface area contributed by atoms with Crippen molar-refractivity contribution in [3.63, 3.8) is 0 Å². The first-order valence-corrected chi connectivity index (χ1v) is 5.50. The highest BCUT2D eigenvalue weighted by molar-refractivity contribution is 9.10. The summed E-state index contributed by atoms with van der Waals surface area (Å²) in [5.74, 6) is -0.0335. The van der Waals surface area contributed by atoms with E-state index in [0.717, 1.165) is 9.86 Å². The minimum Gasteiger partial charge on any atom is -0.505 e. The van der Waals surface area contributed by atoms with E-state index in [-0.39, 0.29) is 11.4 Å². The number of amides is 2. The van der Waals surface area contributed by atoms with Gasteiger partial charge in [-0.1, -0.05) is 45.3 Å². The van der Waals surface area contributed by atoms with Gasteiger partial charge in [0, 0.05) is 9.86 Å². The number of phenolic OH excluding ortho intramolecular Hbond substituents is 1. The number of primary amides is 1. The third kappa shape index (κ3) is 2.26. The Morgan fingerprint density at radius 2 is 1.94 bits per heavy atom. The van der Waals surface area contributed by atoms with Gasteiger partial charge in [-0.2, -0.15) is 0 Å². The summed E-state index contributed by atoms with van der Waals surface area (Å²) in [7, 11) is 0. The minimum absolute atomic E-state index is 0.0335. The smallest absolute Gasteiger partial charge is 0.356 e. The number of nitrogens with two attached hydrogens (primary N) is 1. The van der Waals surface area contributed by atoms with Crippen LogP contribution in [0.5, 0.6) is 5.75 Å². The molecule has 0 fully saturated rings. The first kappa shape index (κ1) is 11.5. The van der Waals surface area contributed by atoms with Crippen LogP contribution in [0.2, 0.25) is 0 Å². The number of hydrogen-bond acceptors (Lipinski definition) is 3. The fraction of sp³-hybridized carbons (Fsp3) is 0. The summed E-state index contributed by atoms with van der Waals surface area (Å²) >= 11 is 3.36. The van der Waals surface area contributed by atoms with Gasteiger partial charge in [0.25, 0.3) is 0 Å². The summed E-state index contributed by atoms with van der Waals surface area (Å²) in [6, 6.07) is 7.92. The molecule has 0 heterocycles. The highest BCUT2D eigenvalue weighted by Gasteiger charge is 2.09. The van der Waals surface area contributed by atoms with Gasteiger partial charge in [0.2, 0.25) is 0 Å². The van der Waals surface area contributed by atoms with Crippen LogP contribution in [0.15, 0.2) is 45.0 Å². The van der Waals surface area contributed by atoms with E-state index in [4.69, 9.17) is 5.73 Å². The lowest BCUT2D eigenvalue weighted by molar-refractivity contribution is 0.255. The molecule has 0 aliphatic heterocycles. The predicted octanol–water partition coefficient (Wildman–Crippen LogP) is 3.47. The van der Waals surface area contributed by atoms with E-state index in [1.54, 1.807) is 18.2 Å². The van der Waals surface area contributed by atoms with Crippen LogP contribution in [0, 0.1) is 0 Å². The van der Waals surface area contributed by atoms with Crippen LogP contribution < -0.4 is 5.73 Å². The maximum atomic E-state index is 10.5. The molecule has 0 atom stereocenters. The second-order valence-electron chi connectivity index (χ2n) is 3.31. The molecule has 0 saturated heterocycles. The molecule has 5 nitrogen and oxygen atoms in total. The van der Waals surface area contributed by atoms with Crippen molar-refractivity contribution < 1.29 is 9.90 Å². The standard InChI is InChI=1S/C11H8BrN3O2/c12-8-5-9(14-15-11(13)17)10(16)7-4-2-1-3-6(7)8/h1-5,16H,(H2,13,17). The van der Waals surface area contributed by atoms with Crippen molar-refractivity contribution in [3.8, 4) is 5.75 Å². The Bertz CT molecular complexity index is 625. The average Bonchev–Trinajstić information content (AvgIpc) is 2.32. The van der Waals surface area contributed by atoms with Crippen molar-refractivity contribution >= 4 is 38.4 Å². The monoisotopic (exact) mass is 293 g/mol. The predicted molar refractivity (Wildman–Crippen MR) is 67.4 cm³/mol. The number of hydrogen-bond donors (Lipinski definition) is 2. The van der Waals surface area contributed by atoms with Gasteiger partial charge in [-0.15, -0.1) is 5.11 Å². The maximum absolute atomic E-state index is 10.5. The Kier molecular flexibility index (Phi) is 3.06. The fourth-order valence-electron chi connectivity index (χ4n) is 1.48. The molecule has 0 aliphatic carbocycles. The summed E-state index contributed by atoms with van der Waals surface area (Å²) in [6.07, 6.45) is 0. The molecule has 3 N–H and O–H groups in total. The van der Waals surface area contributed by atoms with Crippen LogP contribution in [-0.4, -0.2) is 11.1 Å². The zero-order valence-electron chi connectivity index (χ0n) is 8.59. The summed E-state index contributed by atoms with van der Waals surface area (Å²) in [4.78, 5) is 10.5. The molecule has 0 spiro atoms. The Morgan fingerprint density at radius 1 is 1.29 bits per heavy atom. The summed E-state index contributed by atoms with van der Waals surface area (Å²) < 4.78 is 0.754. The van der Waals surface area contributed by atoms with E-state index in [1.165, 1.54) is 0 Å². The molecule has 0 saturated carbocycles. The number of halogens is 1. The van der Waals surface area contributed by atoms with E-state index >= 15 is 0 Å². The molecule has 86 valence electrons.